The lowest BCUT2D eigenvalue weighted by Gasteiger charge is -2.17. The number of hydrogen-bond acceptors (Lipinski definition) is 3. The molecule has 2 rings (SSSR count). The van der Waals surface area contributed by atoms with Gasteiger partial charge in [0.1, 0.15) is 6.04 Å². The van der Waals surface area contributed by atoms with Crippen LogP contribution in [0.1, 0.15) is 78.1 Å². The summed E-state index contributed by atoms with van der Waals surface area (Å²) < 4.78 is 5.26. The number of hydrogen-bond donors (Lipinski definition) is 0. The molecule has 0 saturated carbocycles. The Bertz CT molecular complexity index is 618. The lowest BCUT2D eigenvalue weighted by Crippen LogP contribution is -2.34. The molecule has 0 spiro atoms. The Morgan fingerprint density at radius 1 is 0.767 bits per heavy atom. The van der Waals surface area contributed by atoms with Crippen molar-refractivity contribution in [3.05, 3.63) is 48.5 Å². The van der Waals surface area contributed by atoms with Crippen LogP contribution < -0.4 is 0 Å². The average Bonchev–Trinajstić information content (AvgIpc) is 2.77. The molecule has 0 saturated heterocycles. The SMILES string of the molecule is CCCCCCCCCCCCOC(=O)C(C)N(C)C.c1ccc2ccccc2c1. The van der Waals surface area contributed by atoms with Crippen LogP contribution in [0.2, 0.25) is 0 Å². The molecule has 0 heterocycles. The van der Waals surface area contributed by atoms with Crippen molar-refractivity contribution in [2.24, 2.45) is 0 Å². The number of carbonyl (C=O) groups excluding carboxylic acids is 1. The summed E-state index contributed by atoms with van der Waals surface area (Å²) in [6.45, 7) is 4.71. The highest BCUT2D eigenvalue weighted by Crippen LogP contribution is 2.12. The number of likely N-dealkylation sites (N-methyl/N-ethyl adjacent to an activating group) is 1. The van der Waals surface area contributed by atoms with Gasteiger partial charge in [0.25, 0.3) is 0 Å². The van der Waals surface area contributed by atoms with Crippen molar-refractivity contribution in [3.8, 4) is 0 Å². The molecule has 3 nitrogen and oxygen atoms in total. The molecule has 0 aliphatic carbocycles. The molecule has 0 aromatic heterocycles. The summed E-state index contributed by atoms with van der Waals surface area (Å²) in [5.41, 5.74) is 0. The van der Waals surface area contributed by atoms with Gasteiger partial charge in [-0.1, -0.05) is 113 Å². The van der Waals surface area contributed by atoms with Crippen LogP contribution in [-0.2, 0) is 9.53 Å². The predicted octanol–water partition coefficient (Wildman–Crippen LogP) is 7.24. The molecule has 168 valence electrons. The first-order valence-corrected chi connectivity index (χ1v) is 11.8. The van der Waals surface area contributed by atoms with E-state index in [-0.39, 0.29) is 12.0 Å². The third-order valence-electron chi connectivity index (χ3n) is 5.52. The molecular weight excluding hydrogens is 370 g/mol. The summed E-state index contributed by atoms with van der Waals surface area (Å²) in [4.78, 5) is 13.5. The Balaban J connectivity index is 0.000000367. The molecule has 1 atom stereocenters. The van der Waals surface area contributed by atoms with E-state index in [0.717, 1.165) is 6.42 Å². The molecule has 0 aliphatic heterocycles. The van der Waals surface area contributed by atoms with Gasteiger partial charge < -0.3 is 4.74 Å². The Morgan fingerprint density at radius 3 is 1.57 bits per heavy atom. The fourth-order valence-electron chi connectivity index (χ4n) is 3.23. The number of ether oxygens (including phenoxy) is 1. The number of carbonyl (C=O) groups is 1. The van der Waals surface area contributed by atoms with E-state index in [2.05, 4.69) is 55.5 Å². The molecule has 0 fully saturated rings. The Morgan fingerprint density at radius 2 is 1.17 bits per heavy atom. The van der Waals surface area contributed by atoms with Crippen molar-refractivity contribution in [2.45, 2.75) is 84.1 Å². The number of rotatable bonds is 13. The number of nitrogens with zero attached hydrogens (tertiary/aromatic N) is 1. The maximum atomic E-state index is 11.6. The molecule has 0 radical (unpaired) electrons. The highest BCUT2D eigenvalue weighted by Gasteiger charge is 2.15. The first kappa shape index (κ1) is 26.2. The summed E-state index contributed by atoms with van der Waals surface area (Å²) in [7, 11) is 3.79. The van der Waals surface area contributed by atoms with Crippen LogP contribution in [0.25, 0.3) is 10.8 Å². The van der Waals surface area contributed by atoms with E-state index in [1.165, 1.54) is 68.6 Å². The first-order valence-electron chi connectivity index (χ1n) is 11.8. The number of benzene rings is 2. The van der Waals surface area contributed by atoms with Crippen LogP contribution in [0.4, 0.5) is 0 Å². The van der Waals surface area contributed by atoms with Crippen LogP contribution in [0.5, 0.6) is 0 Å². The standard InChI is InChI=1S/C17H35NO2.C10H8/c1-5-6-7-8-9-10-11-12-13-14-15-20-17(19)16(2)18(3)4;1-2-6-10-8-4-3-7-9(10)5-1/h16H,5-15H2,1-4H3;1-8H. The maximum absolute atomic E-state index is 11.6. The molecular formula is C27H43NO2. The fraction of sp³-hybridized carbons (Fsp3) is 0.593. The zero-order chi connectivity index (χ0) is 22.0. The van der Waals surface area contributed by atoms with Gasteiger partial charge >= 0.3 is 5.97 Å². The van der Waals surface area contributed by atoms with Crippen molar-refractivity contribution < 1.29 is 9.53 Å². The average molecular weight is 414 g/mol. The third-order valence-corrected chi connectivity index (χ3v) is 5.52. The van der Waals surface area contributed by atoms with Crippen molar-refractivity contribution in [2.75, 3.05) is 20.7 Å². The lowest BCUT2D eigenvalue weighted by atomic mass is 10.1. The minimum Gasteiger partial charge on any atom is -0.465 e. The molecule has 3 heteroatoms. The summed E-state index contributed by atoms with van der Waals surface area (Å²) in [6, 6.07) is 16.6. The quantitative estimate of drug-likeness (QED) is 0.256. The summed E-state index contributed by atoms with van der Waals surface area (Å²) >= 11 is 0. The van der Waals surface area contributed by atoms with E-state index >= 15 is 0 Å². The normalized spacial score (nSPS) is 11.8. The van der Waals surface area contributed by atoms with Crippen LogP contribution in [0.15, 0.2) is 48.5 Å². The highest BCUT2D eigenvalue weighted by atomic mass is 16.5. The number of unbranched alkanes of at least 4 members (excludes halogenated alkanes) is 9. The molecule has 0 amide bonds. The van der Waals surface area contributed by atoms with Gasteiger partial charge in [-0.2, -0.15) is 0 Å². The smallest absolute Gasteiger partial charge is 0.323 e. The highest BCUT2D eigenvalue weighted by molar-refractivity contribution is 5.82. The molecule has 1 unspecified atom stereocenters. The van der Waals surface area contributed by atoms with Crippen LogP contribution >= 0.6 is 0 Å². The molecule has 2 aromatic rings. The van der Waals surface area contributed by atoms with Crippen LogP contribution in [0, 0.1) is 0 Å². The van der Waals surface area contributed by atoms with E-state index < -0.39 is 0 Å². The first-order chi connectivity index (χ1) is 14.6. The van der Waals surface area contributed by atoms with Crippen molar-refractivity contribution >= 4 is 16.7 Å². The summed E-state index contributed by atoms with van der Waals surface area (Å²) in [5.74, 6) is -0.106. The van der Waals surface area contributed by atoms with Gasteiger partial charge in [0.2, 0.25) is 0 Å². The Labute approximate surface area is 184 Å². The van der Waals surface area contributed by atoms with Gasteiger partial charge in [-0.25, -0.2) is 0 Å². The summed E-state index contributed by atoms with van der Waals surface area (Å²) in [6.07, 6.45) is 13.0. The predicted molar refractivity (Wildman–Crippen MR) is 130 cm³/mol. The van der Waals surface area contributed by atoms with E-state index in [1.807, 2.05) is 25.9 Å². The van der Waals surface area contributed by atoms with Gasteiger partial charge in [0.15, 0.2) is 0 Å². The molecule has 0 N–H and O–H groups in total. The Kier molecular flexibility index (Phi) is 14.7. The number of fused-ring (bicyclic) bond motifs is 1. The van der Waals surface area contributed by atoms with Crippen molar-refractivity contribution in [3.63, 3.8) is 0 Å². The summed E-state index contributed by atoms with van der Waals surface area (Å²) in [5, 5.41) is 2.62. The largest absolute Gasteiger partial charge is 0.465 e. The lowest BCUT2D eigenvalue weighted by molar-refractivity contribution is -0.148. The molecule has 2 aromatic carbocycles. The minimum absolute atomic E-state index is 0.106. The van der Waals surface area contributed by atoms with Crippen molar-refractivity contribution in [1.29, 1.82) is 0 Å². The molecule has 0 aliphatic rings. The van der Waals surface area contributed by atoms with Gasteiger partial charge in [-0.15, -0.1) is 0 Å². The maximum Gasteiger partial charge on any atom is 0.323 e. The van der Waals surface area contributed by atoms with Crippen LogP contribution in [0.3, 0.4) is 0 Å². The van der Waals surface area contributed by atoms with Gasteiger partial charge in [-0.05, 0) is 38.2 Å². The second kappa shape index (κ2) is 16.9. The second-order valence-corrected chi connectivity index (χ2v) is 8.34. The molecule has 0 bridgehead atoms. The van der Waals surface area contributed by atoms with E-state index in [1.54, 1.807) is 0 Å². The number of esters is 1. The molecule has 30 heavy (non-hydrogen) atoms. The van der Waals surface area contributed by atoms with Gasteiger partial charge in [0.05, 0.1) is 6.61 Å². The van der Waals surface area contributed by atoms with E-state index in [9.17, 15) is 4.79 Å². The minimum atomic E-state index is -0.141. The Hall–Kier alpha value is -1.87. The fourth-order valence-corrected chi connectivity index (χ4v) is 3.23. The zero-order valence-corrected chi connectivity index (χ0v) is 19.7. The monoisotopic (exact) mass is 413 g/mol. The topological polar surface area (TPSA) is 29.5 Å². The third kappa shape index (κ3) is 12.0. The van der Waals surface area contributed by atoms with Gasteiger partial charge in [-0.3, -0.25) is 9.69 Å². The van der Waals surface area contributed by atoms with Gasteiger partial charge in [0, 0.05) is 0 Å². The van der Waals surface area contributed by atoms with E-state index in [0.29, 0.717) is 6.61 Å². The zero-order valence-electron chi connectivity index (χ0n) is 19.7. The van der Waals surface area contributed by atoms with E-state index in [4.69, 9.17) is 4.74 Å². The van der Waals surface area contributed by atoms with Crippen molar-refractivity contribution in [1.82, 2.24) is 4.90 Å². The second-order valence-electron chi connectivity index (χ2n) is 8.34. The van der Waals surface area contributed by atoms with Crippen LogP contribution in [-0.4, -0.2) is 37.6 Å².